The summed E-state index contributed by atoms with van der Waals surface area (Å²) in [5, 5.41) is 3.10. The van der Waals surface area contributed by atoms with Gasteiger partial charge >= 0.3 is 5.97 Å². The van der Waals surface area contributed by atoms with Crippen LogP contribution in [0.3, 0.4) is 0 Å². The van der Waals surface area contributed by atoms with Crippen LogP contribution in [0.4, 0.5) is 5.69 Å². The van der Waals surface area contributed by atoms with E-state index in [1.165, 1.54) is 26.4 Å². The SMILES string of the molecule is COC(=O)CCCCCNC(=O)c1cc(Cl)c(N)cc1OC. The lowest BCUT2D eigenvalue weighted by Crippen LogP contribution is -2.25. The van der Waals surface area contributed by atoms with E-state index in [9.17, 15) is 9.59 Å². The predicted octanol–water partition coefficient (Wildman–Crippen LogP) is 2.39. The lowest BCUT2D eigenvalue weighted by molar-refractivity contribution is -0.140. The molecule has 0 unspecified atom stereocenters. The molecule has 22 heavy (non-hydrogen) atoms. The third-order valence-corrected chi connectivity index (χ3v) is 3.46. The van der Waals surface area contributed by atoms with Crippen molar-refractivity contribution in [1.82, 2.24) is 5.32 Å². The summed E-state index contributed by atoms with van der Waals surface area (Å²) in [6, 6.07) is 3.01. The van der Waals surface area contributed by atoms with Crippen LogP contribution in [0.5, 0.6) is 5.75 Å². The van der Waals surface area contributed by atoms with Crippen LogP contribution in [0.1, 0.15) is 36.0 Å². The van der Waals surface area contributed by atoms with Crippen molar-refractivity contribution >= 4 is 29.2 Å². The zero-order chi connectivity index (χ0) is 16.5. The molecule has 0 atom stereocenters. The van der Waals surface area contributed by atoms with Gasteiger partial charge in [-0.1, -0.05) is 18.0 Å². The molecule has 122 valence electrons. The first kappa shape index (κ1) is 18.1. The molecule has 0 saturated heterocycles. The summed E-state index contributed by atoms with van der Waals surface area (Å²) in [6.07, 6.45) is 2.73. The van der Waals surface area contributed by atoms with E-state index < -0.39 is 0 Å². The number of hydrogen-bond donors (Lipinski definition) is 2. The van der Waals surface area contributed by atoms with Crippen LogP contribution in [-0.4, -0.2) is 32.6 Å². The summed E-state index contributed by atoms with van der Waals surface area (Å²) in [5.41, 5.74) is 6.38. The Hall–Kier alpha value is -1.95. The Morgan fingerprint density at radius 2 is 1.95 bits per heavy atom. The predicted molar refractivity (Wildman–Crippen MR) is 85.2 cm³/mol. The van der Waals surface area contributed by atoms with Crippen molar-refractivity contribution in [2.45, 2.75) is 25.7 Å². The number of nitrogen functional groups attached to an aromatic ring is 1. The van der Waals surface area contributed by atoms with Gasteiger partial charge in [-0.3, -0.25) is 9.59 Å². The highest BCUT2D eigenvalue weighted by Crippen LogP contribution is 2.28. The molecular formula is C15H21ClN2O4. The van der Waals surface area contributed by atoms with Crippen molar-refractivity contribution in [3.05, 3.63) is 22.7 Å². The van der Waals surface area contributed by atoms with Gasteiger partial charge < -0.3 is 20.5 Å². The Bertz CT molecular complexity index is 535. The maximum Gasteiger partial charge on any atom is 0.305 e. The minimum absolute atomic E-state index is 0.217. The second-order valence-corrected chi connectivity index (χ2v) is 5.12. The monoisotopic (exact) mass is 328 g/mol. The van der Waals surface area contributed by atoms with Gasteiger partial charge in [-0.15, -0.1) is 0 Å². The van der Waals surface area contributed by atoms with E-state index in [0.29, 0.717) is 35.0 Å². The van der Waals surface area contributed by atoms with E-state index in [4.69, 9.17) is 22.1 Å². The highest BCUT2D eigenvalue weighted by molar-refractivity contribution is 6.33. The van der Waals surface area contributed by atoms with Gasteiger partial charge in [0.1, 0.15) is 5.75 Å². The van der Waals surface area contributed by atoms with Crippen molar-refractivity contribution in [3.8, 4) is 5.75 Å². The number of rotatable bonds is 8. The van der Waals surface area contributed by atoms with Gasteiger partial charge in [-0.25, -0.2) is 0 Å². The Labute approximate surface area is 134 Å². The number of hydrogen-bond acceptors (Lipinski definition) is 5. The van der Waals surface area contributed by atoms with Gasteiger partial charge in [0.25, 0.3) is 5.91 Å². The van der Waals surface area contributed by atoms with Crippen molar-refractivity contribution < 1.29 is 19.1 Å². The Kier molecular flexibility index (Phi) is 7.52. The number of anilines is 1. The van der Waals surface area contributed by atoms with Gasteiger partial charge in [-0.2, -0.15) is 0 Å². The van der Waals surface area contributed by atoms with Crippen LogP contribution in [-0.2, 0) is 9.53 Å². The fraction of sp³-hybridized carbons (Fsp3) is 0.467. The zero-order valence-corrected chi connectivity index (χ0v) is 13.5. The number of amides is 1. The second-order valence-electron chi connectivity index (χ2n) is 4.72. The number of unbranched alkanes of at least 4 members (excludes halogenated alkanes) is 2. The summed E-state index contributed by atoms with van der Waals surface area (Å²) in [5.74, 6) is -0.109. The van der Waals surface area contributed by atoms with Crippen molar-refractivity contribution in [1.29, 1.82) is 0 Å². The molecule has 0 spiro atoms. The molecule has 0 bridgehead atoms. The molecule has 1 amide bonds. The zero-order valence-electron chi connectivity index (χ0n) is 12.8. The fourth-order valence-electron chi connectivity index (χ4n) is 1.89. The van der Waals surface area contributed by atoms with E-state index in [1.54, 1.807) is 0 Å². The molecule has 1 aromatic carbocycles. The minimum atomic E-state index is -0.272. The molecule has 0 fully saturated rings. The number of carbonyl (C=O) groups excluding carboxylic acids is 2. The molecule has 0 radical (unpaired) electrons. The maximum absolute atomic E-state index is 12.1. The molecule has 3 N–H and O–H groups in total. The Morgan fingerprint density at radius 1 is 1.23 bits per heavy atom. The number of methoxy groups -OCH3 is 2. The molecule has 0 aliphatic carbocycles. The standard InChI is InChI=1S/C15H21ClN2O4/c1-21-13-9-12(17)11(16)8-10(13)15(20)18-7-5-3-4-6-14(19)22-2/h8-9H,3-7,17H2,1-2H3,(H,18,20). The lowest BCUT2D eigenvalue weighted by Gasteiger charge is -2.11. The number of carbonyl (C=O) groups is 2. The van der Waals surface area contributed by atoms with E-state index in [-0.39, 0.29) is 11.9 Å². The summed E-state index contributed by atoms with van der Waals surface area (Å²) in [4.78, 5) is 23.0. The highest BCUT2D eigenvalue weighted by Gasteiger charge is 2.14. The highest BCUT2D eigenvalue weighted by atomic mass is 35.5. The number of nitrogens with two attached hydrogens (primary N) is 1. The first-order chi connectivity index (χ1) is 10.5. The average molecular weight is 329 g/mol. The fourth-order valence-corrected chi connectivity index (χ4v) is 2.05. The maximum atomic E-state index is 12.1. The van der Waals surface area contributed by atoms with Crippen LogP contribution >= 0.6 is 11.6 Å². The molecule has 0 heterocycles. The van der Waals surface area contributed by atoms with Gasteiger partial charge in [0.05, 0.1) is 30.5 Å². The molecule has 0 aromatic heterocycles. The van der Waals surface area contributed by atoms with Crippen molar-refractivity contribution in [2.75, 3.05) is 26.5 Å². The first-order valence-electron chi connectivity index (χ1n) is 6.97. The normalized spacial score (nSPS) is 10.1. The molecule has 7 heteroatoms. The van der Waals surface area contributed by atoms with Gasteiger partial charge in [0, 0.05) is 19.0 Å². The van der Waals surface area contributed by atoms with Crippen LogP contribution < -0.4 is 15.8 Å². The number of benzene rings is 1. The molecule has 6 nitrogen and oxygen atoms in total. The van der Waals surface area contributed by atoms with E-state index in [2.05, 4.69) is 10.1 Å². The van der Waals surface area contributed by atoms with E-state index >= 15 is 0 Å². The first-order valence-corrected chi connectivity index (χ1v) is 7.35. The van der Waals surface area contributed by atoms with Crippen molar-refractivity contribution in [2.24, 2.45) is 0 Å². The third-order valence-electron chi connectivity index (χ3n) is 3.13. The molecule has 1 aromatic rings. The van der Waals surface area contributed by atoms with Crippen LogP contribution in [0.2, 0.25) is 5.02 Å². The topological polar surface area (TPSA) is 90.7 Å². The lowest BCUT2D eigenvalue weighted by atomic mass is 10.1. The number of ether oxygens (including phenoxy) is 2. The Morgan fingerprint density at radius 3 is 2.59 bits per heavy atom. The molecule has 0 aliphatic rings. The number of halogens is 1. The quantitative estimate of drug-likeness (QED) is 0.434. The van der Waals surface area contributed by atoms with E-state index in [0.717, 1.165) is 19.3 Å². The van der Waals surface area contributed by atoms with Crippen LogP contribution in [0, 0.1) is 0 Å². The number of nitrogens with one attached hydrogen (secondary N) is 1. The van der Waals surface area contributed by atoms with Crippen LogP contribution in [0.15, 0.2) is 12.1 Å². The summed E-state index contributed by atoms with van der Waals surface area (Å²) >= 11 is 5.93. The molecular weight excluding hydrogens is 308 g/mol. The largest absolute Gasteiger partial charge is 0.496 e. The summed E-state index contributed by atoms with van der Waals surface area (Å²) < 4.78 is 9.69. The summed E-state index contributed by atoms with van der Waals surface area (Å²) in [6.45, 7) is 0.505. The third kappa shape index (κ3) is 5.44. The van der Waals surface area contributed by atoms with Gasteiger partial charge in [-0.05, 0) is 18.9 Å². The molecule has 0 saturated carbocycles. The smallest absolute Gasteiger partial charge is 0.305 e. The van der Waals surface area contributed by atoms with Crippen molar-refractivity contribution in [3.63, 3.8) is 0 Å². The second kappa shape index (κ2) is 9.15. The molecule has 0 aliphatic heterocycles. The summed E-state index contributed by atoms with van der Waals surface area (Å²) in [7, 11) is 2.83. The number of esters is 1. The van der Waals surface area contributed by atoms with Gasteiger partial charge in [0.2, 0.25) is 0 Å². The van der Waals surface area contributed by atoms with E-state index in [1.807, 2.05) is 0 Å². The molecule has 1 rings (SSSR count). The van der Waals surface area contributed by atoms with Gasteiger partial charge in [0.15, 0.2) is 0 Å². The Balaban J connectivity index is 2.43. The minimum Gasteiger partial charge on any atom is -0.496 e. The average Bonchev–Trinajstić information content (AvgIpc) is 2.52. The van der Waals surface area contributed by atoms with Crippen LogP contribution in [0.25, 0.3) is 0 Å².